The number of carbonyl (C=O) groups excluding carboxylic acids is 1. The van der Waals surface area contributed by atoms with Crippen LogP contribution in [0.2, 0.25) is 0 Å². The summed E-state index contributed by atoms with van der Waals surface area (Å²) < 4.78 is 0. The lowest BCUT2D eigenvalue weighted by atomic mass is 9.95. The van der Waals surface area contributed by atoms with Gasteiger partial charge in [-0.1, -0.05) is 43.3 Å². The first-order valence-corrected chi connectivity index (χ1v) is 10.0. The molecule has 25 heavy (non-hydrogen) atoms. The second-order valence-electron chi connectivity index (χ2n) is 5.81. The molecule has 1 amide bonds. The number of thiophene rings is 2. The van der Waals surface area contributed by atoms with Gasteiger partial charge in [0.15, 0.2) is 0 Å². The Labute approximate surface area is 156 Å². The quantitative estimate of drug-likeness (QED) is 0.625. The molecule has 0 aliphatic carbocycles. The Morgan fingerprint density at radius 1 is 1.08 bits per heavy atom. The van der Waals surface area contributed by atoms with Gasteiger partial charge >= 0.3 is 0 Å². The summed E-state index contributed by atoms with van der Waals surface area (Å²) in [6.45, 7) is 2.23. The Kier molecular flexibility index (Phi) is 6.02. The van der Waals surface area contributed by atoms with Gasteiger partial charge in [-0.15, -0.1) is 22.7 Å². The van der Waals surface area contributed by atoms with Crippen LogP contribution in [0, 0.1) is 0 Å². The van der Waals surface area contributed by atoms with Crippen LogP contribution < -0.4 is 5.32 Å². The Hall–Kier alpha value is -1.95. The van der Waals surface area contributed by atoms with Gasteiger partial charge < -0.3 is 10.4 Å². The standard InChI is InChI=1S/C20H21NO2S2/c1-2-15(14-7-4-3-5-8-14)20(23)21-13-16(22)17-10-11-19(25-17)18-9-6-12-24-18/h3-12,15-16,22H,2,13H2,1H3,(H,21,23)/t15-,16-/m0/s1. The summed E-state index contributed by atoms with van der Waals surface area (Å²) in [7, 11) is 0. The summed E-state index contributed by atoms with van der Waals surface area (Å²) >= 11 is 3.25. The monoisotopic (exact) mass is 371 g/mol. The van der Waals surface area contributed by atoms with Crippen LogP contribution in [-0.2, 0) is 4.79 Å². The SMILES string of the molecule is CC[C@H](C(=O)NC[C@H](O)c1ccc(-c2cccs2)s1)c1ccccc1. The van der Waals surface area contributed by atoms with Crippen molar-refractivity contribution < 1.29 is 9.90 Å². The lowest BCUT2D eigenvalue weighted by Gasteiger charge is -2.17. The highest BCUT2D eigenvalue weighted by molar-refractivity contribution is 7.21. The molecule has 0 unspecified atom stereocenters. The molecule has 2 heterocycles. The molecule has 3 rings (SSSR count). The number of benzene rings is 1. The largest absolute Gasteiger partial charge is 0.386 e. The van der Waals surface area contributed by atoms with E-state index in [-0.39, 0.29) is 18.4 Å². The third-order valence-corrected chi connectivity index (χ3v) is 6.37. The molecule has 0 bridgehead atoms. The third kappa shape index (κ3) is 4.37. The molecule has 0 saturated heterocycles. The van der Waals surface area contributed by atoms with Crippen LogP contribution in [0.15, 0.2) is 60.0 Å². The molecule has 2 N–H and O–H groups in total. The molecule has 0 saturated carbocycles. The molecule has 0 aliphatic heterocycles. The summed E-state index contributed by atoms with van der Waals surface area (Å²) in [5.41, 5.74) is 1.01. The summed E-state index contributed by atoms with van der Waals surface area (Å²) in [6.07, 6.45) is 0.0453. The number of aliphatic hydroxyl groups is 1. The number of hydrogen-bond donors (Lipinski definition) is 2. The number of nitrogens with one attached hydrogen (secondary N) is 1. The van der Waals surface area contributed by atoms with Gasteiger partial charge in [-0.25, -0.2) is 0 Å². The van der Waals surface area contributed by atoms with Crippen molar-refractivity contribution in [2.45, 2.75) is 25.4 Å². The number of amides is 1. The average Bonchev–Trinajstić information content (AvgIpc) is 3.32. The van der Waals surface area contributed by atoms with E-state index in [0.717, 1.165) is 21.7 Å². The van der Waals surface area contributed by atoms with E-state index in [2.05, 4.69) is 11.4 Å². The summed E-state index contributed by atoms with van der Waals surface area (Å²) in [5, 5.41) is 15.3. The number of hydrogen-bond acceptors (Lipinski definition) is 4. The Morgan fingerprint density at radius 3 is 2.56 bits per heavy atom. The van der Waals surface area contributed by atoms with Crippen LogP contribution in [0.3, 0.4) is 0 Å². The Bertz CT molecular complexity index is 796. The molecule has 0 fully saturated rings. The molecule has 2 aromatic heterocycles. The second kappa shape index (κ2) is 8.43. The fourth-order valence-corrected chi connectivity index (χ4v) is 4.59. The molecule has 3 aromatic rings. The van der Waals surface area contributed by atoms with Crippen LogP contribution in [0.5, 0.6) is 0 Å². The molecular formula is C20H21NO2S2. The van der Waals surface area contributed by atoms with E-state index >= 15 is 0 Å². The predicted molar refractivity (Wildman–Crippen MR) is 105 cm³/mol. The van der Waals surface area contributed by atoms with Crippen molar-refractivity contribution in [1.82, 2.24) is 5.32 Å². The normalized spacial score (nSPS) is 13.4. The molecule has 5 heteroatoms. The minimum Gasteiger partial charge on any atom is -0.386 e. The van der Waals surface area contributed by atoms with E-state index in [4.69, 9.17) is 0 Å². The fraction of sp³-hybridized carbons (Fsp3) is 0.250. The molecule has 1 aromatic carbocycles. The molecule has 2 atom stereocenters. The first kappa shape index (κ1) is 17.9. The topological polar surface area (TPSA) is 49.3 Å². The minimum absolute atomic E-state index is 0.0391. The molecule has 3 nitrogen and oxygen atoms in total. The van der Waals surface area contributed by atoms with Crippen LogP contribution in [0.1, 0.15) is 35.8 Å². The van der Waals surface area contributed by atoms with E-state index in [0.29, 0.717) is 0 Å². The first-order chi connectivity index (χ1) is 12.2. The molecule has 0 aliphatic rings. The lowest BCUT2D eigenvalue weighted by Crippen LogP contribution is -2.32. The number of aliphatic hydroxyl groups excluding tert-OH is 1. The highest BCUT2D eigenvalue weighted by atomic mass is 32.1. The van der Waals surface area contributed by atoms with Crippen LogP contribution in [0.25, 0.3) is 9.75 Å². The molecule has 0 spiro atoms. The van der Waals surface area contributed by atoms with Crippen molar-refractivity contribution in [2.24, 2.45) is 0 Å². The maximum atomic E-state index is 12.5. The van der Waals surface area contributed by atoms with E-state index in [1.807, 2.05) is 60.8 Å². The van der Waals surface area contributed by atoms with Crippen molar-refractivity contribution in [3.63, 3.8) is 0 Å². The number of rotatable bonds is 7. The van der Waals surface area contributed by atoms with E-state index in [1.54, 1.807) is 22.7 Å². The van der Waals surface area contributed by atoms with E-state index in [1.165, 1.54) is 4.88 Å². The Morgan fingerprint density at radius 2 is 1.88 bits per heavy atom. The Balaban J connectivity index is 1.60. The first-order valence-electron chi connectivity index (χ1n) is 8.33. The fourth-order valence-electron chi connectivity index (χ4n) is 2.76. The molecule has 130 valence electrons. The second-order valence-corrected chi connectivity index (χ2v) is 7.87. The van der Waals surface area contributed by atoms with Gasteiger partial charge in [0.2, 0.25) is 5.91 Å². The van der Waals surface area contributed by atoms with Crippen LogP contribution in [-0.4, -0.2) is 17.6 Å². The van der Waals surface area contributed by atoms with Crippen molar-refractivity contribution in [3.8, 4) is 9.75 Å². The van der Waals surface area contributed by atoms with E-state index < -0.39 is 6.10 Å². The van der Waals surface area contributed by atoms with Gasteiger partial charge in [0.05, 0.1) is 5.92 Å². The zero-order chi connectivity index (χ0) is 17.6. The summed E-state index contributed by atoms with van der Waals surface area (Å²) in [6, 6.07) is 17.8. The van der Waals surface area contributed by atoms with Crippen molar-refractivity contribution >= 4 is 28.6 Å². The van der Waals surface area contributed by atoms with Gasteiger partial charge in [-0.05, 0) is 35.6 Å². The maximum Gasteiger partial charge on any atom is 0.227 e. The smallest absolute Gasteiger partial charge is 0.227 e. The summed E-state index contributed by atoms with van der Waals surface area (Å²) in [4.78, 5) is 15.7. The average molecular weight is 372 g/mol. The zero-order valence-electron chi connectivity index (χ0n) is 14.0. The van der Waals surface area contributed by atoms with Crippen LogP contribution in [0.4, 0.5) is 0 Å². The summed E-state index contributed by atoms with van der Waals surface area (Å²) in [5.74, 6) is -0.221. The van der Waals surface area contributed by atoms with Crippen molar-refractivity contribution in [2.75, 3.05) is 6.54 Å². The van der Waals surface area contributed by atoms with Gasteiger partial charge in [0.1, 0.15) is 6.10 Å². The van der Waals surface area contributed by atoms with Gasteiger partial charge in [-0.3, -0.25) is 4.79 Å². The maximum absolute atomic E-state index is 12.5. The minimum atomic E-state index is -0.684. The third-order valence-electron chi connectivity index (χ3n) is 4.12. The van der Waals surface area contributed by atoms with Gasteiger partial charge in [0.25, 0.3) is 0 Å². The van der Waals surface area contributed by atoms with Crippen LogP contribution >= 0.6 is 22.7 Å². The molecule has 0 radical (unpaired) electrons. The lowest BCUT2D eigenvalue weighted by molar-refractivity contribution is -0.123. The van der Waals surface area contributed by atoms with Gasteiger partial charge in [-0.2, -0.15) is 0 Å². The van der Waals surface area contributed by atoms with E-state index in [9.17, 15) is 9.90 Å². The highest BCUT2D eigenvalue weighted by Crippen LogP contribution is 2.33. The van der Waals surface area contributed by atoms with Crippen molar-refractivity contribution in [1.29, 1.82) is 0 Å². The highest BCUT2D eigenvalue weighted by Gasteiger charge is 2.20. The van der Waals surface area contributed by atoms with Crippen molar-refractivity contribution in [3.05, 3.63) is 70.4 Å². The predicted octanol–water partition coefficient (Wildman–Crippen LogP) is 4.82. The molecular weight excluding hydrogens is 350 g/mol. The van der Waals surface area contributed by atoms with Gasteiger partial charge in [0, 0.05) is 21.2 Å². The number of carbonyl (C=O) groups is 1. The zero-order valence-corrected chi connectivity index (χ0v) is 15.6.